The second-order valence-electron chi connectivity index (χ2n) is 19.4. The summed E-state index contributed by atoms with van der Waals surface area (Å²) < 4.78 is 0. The molecule has 0 radical (unpaired) electrons. The van der Waals surface area contributed by atoms with E-state index in [9.17, 15) is 29.7 Å². The summed E-state index contributed by atoms with van der Waals surface area (Å²) in [5, 5.41) is 51.2. The van der Waals surface area contributed by atoms with Crippen molar-refractivity contribution in [1.29, 1.82) is 0 Å². The minimum absolute atomic E-state index is 0.130. The van der Waals surface area contributed by atoms with Crippen LogP contribution in [0.5, 0.6) is 0 Å². The van der Waals surface area contributed by atoms with Gasteiger partial charge in [0.05, 0.1) is 16.7 Å². The first kappa shape index (κ1) is 54.4. The minimum atomic E-state index is -1.04. The Hall–Kier alpha value is -7.17. The molecule has 69 heavy (non-hydrogen) atoms. The highest BCUT2D eigenvalue weighted by Crippen LogP contribution is 2.56. The lowest BCUT2D eigenvalue weighted by Gasteiger charge is -2.30. The molecule has 360 valence electrons. The summed E-state index contributed by atoms with van der Waals surface area (Å²) in [5.74, 6) is -3.11. The Bertz CT molecular complexity index is 2500. The maximum Gasteiger partial charge on any atom is 0.335 e. The van der Waals surface area contributed by atoms with Crippen LogP contribution in [-0.4, -0.2) is 69.9 Å². The largest absolute Gasteiger partial charge is 0.478 e. The number of carboxylic acids is 3. The molecule has 0 aromatic heterocycles. The average molecular weight is 931 g/mol. The standard InChI is InChI=1S/C57H54O6.3CH4O/c1-55(2,3)43-28-22-37(23-29-43)49-46(34-10-16-40(17-11-34)52(58)59)50(38-24-30-44(31-25-38)56(4,5)6)48(36-14-20-42(21-15-36)54(62)63)51(39-26-32-45(33-27-39)57(7,8)9)47(49)35-12-18-41(19-13-35)53(60)61;3*1-2/h10-33H,1-9H3,(H,58,59)(H,60,61)(H,62,63);3*2H,1H3. The van der Waals surface area contributed by atoms with Crippen LogP contribution in [0, 0.1) is 0 Å². The summed E-state index contributed by atoms with van der Waals surface area (Å²) >= 11 is 0. The summed E-state index contributed by atoms with van der Waals surface area (Å²) in [6, 6.07) is 46.6. The van der Waals surface area contributed by atoms with E-state index in [2.05, 4.69) is 135 Å². The highest BCUT2D eigenvalue weighted by molar-refractivity contribution is 6.15. The van der Waals surface area contributed by atoms with Gasteiger partial charge in [0.2, 0.25) is 0 Å². The van der Waals surface area contributed by atoms with E-state index < -0.39 is 17.9 Å². The van der Waals surface area contributed by atoms with Crippen molar-refractivity contribution in [3.05, 3.63) is 179 Å². The summed E-state index contributed by atoms with van der Waals surface area (Å²) in [6.45, 7) is 19.6. The molecule has 9 nitrogen and oxygen atoms in total. The molecule has 0 fully saturated rings. The monoisotopic (exact) mass is 930 g/mol. The number of carbonyl (C=O) groups is 3. The molecule has 0 saturated carbocycles. The van der Waals surface area contributed by atoms with Crippen LogP contribution in [-0.2, 0) is 16.2 Å². The molecule has 0 amide bonds. The van der Waals surface area contributed by atoms with Crippen LogP contribution in [0.4, 0.5) is 0 Å². The van der Waals surface area contributed by atoms with E-state index in [0.717, 1.165) is 105 Å². The third kappa shape index (κ3) is 12.3. The van der Waals surface area contributed by atoms with Gasteiger partial charge < -0.3 is 30.6 Å². The van der Waals surface area contributed by atoms with Crippen molar-refractivity contribution in [1.82, 2.24) is 0 Å². The van der Waals surface area contributed by atoms with Gasteiger partial charge >= 0.3 is 17.9 Å². The molecular formula is C60H66O9. The molecule has 0 saturated heterocycles. The van der Waals surface area contributed by atoms with E-state index in [4.69, 9.17) is 15.3 Å². The van der Waals surface area contributed by atoms with Gasteiger partial charge in [-0.3, -0.25) is 0 Å². The fraction of sp³-hybridized carbons (Fsp3) is 0.250. The van der Waals surface area contributed by atoms with Crippen LogP contribution < -0.4 is 0 Å². The Balaban J connectivity index is 0.00000166. The van der Waals surface area contributed by atoms with Gasteiger partial charge in [-0.1, -0.05) is 172 Å². The van der Waals surface area contributed by atoms with Gasteiger partial charge in [-0.05, 0) is 136 Å². The molecule has 0 spiro atoms. The predicted molar refractivity (Wildman–Crippen MR) is 280 cm³/mol. The van der Waals surface area contributed by atoms with E-state index in [1.165, 1.54) is 0 Å². The Morgan fingerprint density at radius 3 is 0.507 bits per heavy atom. The third-order valence-corrected chi connectivity index (χ3v) is 11.9. The normalized spacial score (nSPS) is 11.2. The minimum Gasteiger partial charge on any atom is -0.478 e. The number of hydrogen-bond donors (Lipinski definition) is 6. The van der Waals surface area contributed by atoms with E-state index >= 15 is 0 Å². The molecule has 0 heterocycles. The van der Waals surface area contributed by atoms with E-state index in [-0.39, 0.29) is 32.9 Å². The fourth-order valence-electron chi connectivity index (χ4n) is 8.23. The number of aliphatic hydroxyl groups is 3. The first-order valence-electron chi connectivity index (χ1n) is 22.6. The SMILES string of the molecule is CC(C)(C)c1ccc(-c2c(-c3ccc(C(=O)O)cc3)c(-c3ccc(C(C)(C)C)cc3)c(-c3ccc(C(=O)O)cc3)c(-c3ccc(C(C)(C)C)cc3)c2-c2ccc(C(=O)O)cc2)cc1.CO.CO.CO. The van der Waals surface area contributed by atoms with E-state index in [1.807, 2.05) is 36.4 Å². The molecule has 6 N–H and O–H groups in total. The van der Waals surface area contributed by atoms with Crippen LogP contribution in [0.15, 0.2) is 146 Å². The smallest absolute Gasteiger partial charge is 0.335 e. The summed E-state index contributed by atoms with van der Waals surface area (Å²) in [4.78, 5) is 36.9. The molecule has 7 aromatic carbocycles. The van der Waals surface area contributed by atoms with Gasteiger partial charge in [0.15, 0.2) is 0 Å². The van der Waals surface area contributed by atoms with Crippen LogP contribution >= 0.6 is 0 Å². The van der Waals surface area contributed by atoms with Crippen LogP contribution in [0.25, 0.3) is 66.8 Å². The van der Waals surface area contributed by atoms with Crippen molar-refractivity contribution >= 4 is 17.9 Å². The zero-order valence-corrected chi connectivity index (χ0v) is 41.8. The van der Waals surface area contributed by atoms with Gasteiger partial charge in [-0.2, -0.15) is 0 Å². The van der Waals surface area contributed by atoms with Crippen molar-refractivity contribution in [3.63, 3.8) is 0 Å². The Labute approximate surface area is 407 Å². The Kier molecular flexibility index (Phi) is 17.9. The van der Waals surface area contributed by atoms with Crippen molar-refractivity contribution in [2.45, 2.75) is 78.6 Å². The predicted octanol–water partition coefficient (Wildman–Crippen LogP) is 13.5. The molecule has 0 aliphatic rings. The Morgan fingerprint density at radius 2 is 0.391 bits per heavy atom. The lowest BCUT2D eigenvalue weighted by molar-refractivity contribution is 0.0686. The van der Waals surface area contributed by atoms with Crippen LogP contribution in [0.1, 0.15) is 110 Å². The maximum atomic E-state index is 12.3. The molecule has 0 unspecified atom stereocenters. The summed E-state index contributed by atoms with van der Waals surface area (Å²) in [5.41, 5.74) is 13.7. The van der Waals surface area contributed by atoms with Gasteiger partial charge in [-0.15, -0.1) is 0 Å². The summed E-state index contributed by atoms with van der Waals surface area (Å²) in [7, 11) is 3.00. The first-order chi connectivity index (χ1) is 32.6. The lowest BCUT2D eigenvalue weighted by Crippen LogP contribution is -2.11. The van der Waals surface area contributed by atoms with Crippen molar-refractivity contribution in [2.24, 2.45) is 0 Å². The highest BCUT2D eigenvalue weighted by atomic mass is 16.4. The zero-order chi connectivity index (χ0) is 51.6. The molecule has 0 aliphatic heterocycles. The van der Waals surface area contributed by atoms with Crippen molar-refractivity contribution in [2.75, 3.05) is 21.3 Å². The number of carboxylic acid groups (broad SMARTS) is 3. The van der Waals surface area contributed by atoms with Crippen LogP contribution in [0.3, 0.4) is 0 Å². The van der Waals surface area contributed by atoms with Crippen molar-refractivity contribution < 1.29 is 45.0 Å². The molecular weight excluding hydrogens is 865 g/mol. The summed E-state index contributed by atoms with van der Waals surface area (Å²) in [6.07, 6.45) is 0. The maximum absolute atomic E-state index is 12.3. The number of aliphatic hydroxyl groups excluding tert-OH is 3. The van der Waals surface area contributed by atoms with E-state index in [0.29, 0.717) is 0 Å². The second-order valence-corrected chi connectivity index (χ2v) is 19.4. The second kappa shape index (κ2) is 22.8. The fourth-order valence-corrected chi connectivity index (χ4v) is 8.23. The van der Waals surface area contributed by atoms with Crippen molar-refractivity contribution in [3.8, 4) is 66.8 Å². The lowest BCUT2D eigenvalue weighted by atomic mass is 9.73. The number of benzene rings is 7. The van der Waals surface area contributed by atoms with Gasteiger partial charge in [-0.25, -0.2) is 14.4 Å². The van der Waals surface area contributed by atoms with Gasteiger partial charge in [0.1, 0.15) is 0 Å². The highest BCUT2D eigenvalue weighted by Gasteiger charge is 2.30. The molecule has 0 bridgehead atoms. The molecule has 7 aromatic rings. The zero-order valence-electron chi connectivity index (χ0n) is 41.8. The molecule has 0 aliphatic carbocycles. The molecule has 0 atom stereocenters. The third-order valence-electron chi connectivity index (χ3n) is 11.9. The first-order valence-corrected chi connectivity index (χ1v) is 22.6. The number of rotatable bonds is 9. The molecule has 9 heteroatoms. The van der Waals surface area contributed by atoms with Gasteiger partial charge in [0.25, 0.3) is 0 Å². The topological polar surface area (TPSA) is 173 Å². The van der Waals surface area contributed by atoms with Crippen LogP contribution in [0.2, 0.25) is 0 Å². The Morgan fingerprint density at radius 1 is 0.261 bits per heavy atom. The number of aromatic carboxylic acids is 3. The van der Waals surface area contributed by atoms with Gasteiger partial charge in [0, 0.05) is 21.3 Å². The van der Waals surface area contributed by atoms with E-state index in [1.54, 1.807) is 36.4 Å². The average Bonchev–Trinajstić information content (AvgIpc) is 3.34. The quantitative estimate of drug-likeness (QED) is 0.0824. The molecule has 7 rings (SSSR count). The number of hydrogen-bond acceptors (Lipinski definition) is 6.